The second-order valence-corrected chi connectivity index (χ2v) is 5.87. The summed E-state index contributed by atoms with van der Waals surface area (Å²) in [6.45, 7) is 2.07. The molecule has 2 rings (SSSR count). The first-order valence-electron chi connectivity index (χ1n) is 6.00. The minimum absolute atomic E-state index is 0.306. The number of benzene rings is 1. The molecule has 3 nitrogen and oxygen atoms in total. The van der Waals surface area contributed by atoms with Crippen molar-refractivity contribution < 1.29 is 9.53 Å². The first kappa shape index (κ1) is 14.2. The van der Waals surface area contributed by atoms with Crippen LogP contribution in [0.5, 0.6) is 0 Å². The van der Waals surface area contributed by atoms with Gasteiger partial charge in [-0.05, 0) is 12.5 Å². The van der Waals surface area contributed by atoms with Crippen molar-refractivity contribution in [2.75, 3.05) is 7.11 Å². The molecule has 0 N–H and O–H groups in total. The highest BCUT2D eigenvalue weighted by Gasteiger charge is 2.19. The van der Waals surface area contributed by atoms with E-state index in [2.05, 4.69) is 27.8 Å². The van der Waals surface area contributed by atoms with Gasteiger partial charge in [0.2, 0.25) is 0 Å². The van der Waals surface area contributed by atoms with Gasteiger partial charge < -0.3 is 4.74 Å². The Hall–Kier alpha value is -1.20. The van der Waals surface area contributed by atoms with Crippen LogP contribution in [0.15, 0.2) is 28.7 Å². The number of aromatic nitrogens is 1. The molecule has 1 aromatic carbocycles. The predicted molar refractivity (Wildman–Crippen MR) is 80.6 cm³/mol. The van der Waals surface area contributed by atoms with Gasteiger partial charge >= 0.3 is 5.97 Å². The van der Waals surface area contributed by atoms with Crippen LogP contribution in [0.1, 0.15) is 28.7 Å². The fourth-order valence-electron chi connectivity index (χ4n) is 1.76. The molecule has 0 saturated heterocycles. The van der Waals surface area contributed by atoms with Crippen molar-refractivity contribution in [2.24, 2.45) is 0 Å². The molecular formula is C14H14BrNO2S. The average molecular weight is 340 g/mol. The maximum Gasteiger partial charge on any atom is 0.349 e. The molecule has 0 aliphatic rings. The zero-order valence-corrected chi connectivity index (χ0v) is 13.2. The maximum absolute atomic E-state index is 11.8. The Kier molecular flexibility index (Phi) is 4.71. The van der Waals surface area contributed by atoms with E-state index in [-0.39, 0.29) is 5.97 Å². The molecular weight excluding hydrogens is 326 g/mol. The van der Waals surface area contributed by atoms with Crippen LogP contribution in [0, 0.1) is 0 Å². The lowest BCUT2D eigenvalue weighted by molar-refractivity contribution is 0.0605. The van der Waals surface area contributed by atoms with Crippen molar-refractivity contribution >= 4 is 33.2 Å². The lowest BCUT2D eigenvalue weighted by atomic mass is 10.2. The van der Waals surface area contributed by atoms with Crippen LogP contribution in [0.25, 0.3) is 10.6 Å². The van der Waals surface area contributed by atoms with Gasteiger partial charge in [-0.3, -0.25) is 0 Å². The first-order chi connectivity index (χ1) is 9.17. The molecule has 0 unspecified atom stereocenters. The summed E-state index contributed by atoms with van der Waals surface area (Å²) in [5, 5.41) is 0.844. The molecule has 0 fully saturated rings. The van der Waals surface area contributed by atoms with Crippen LogP contribution in [-0.4, -0.2) is 18.1 Å². The number of ether oxygens (including phenoxy) is 1. The second kappa shape index (κ2) is 6.30. The number of methoxy groups -OCH3 is 1. The Bertz CT molecular complexity index is 595. The van der Waals surface area contributed by atoms with Gasteiger partial charge in [0, 0.05) is 10.0 Å². The van der Waals surface area contributed by atoms with E-state index in [1.54, 1.807) is 0 Å². The van der Waals surface area contributed by atoms with E-state index < -0.39 is 0 Å². The number of rotatable bonds is 4. The van der Waals surface area contributed by atoms with Crippen LogP contribution < -0.4 is 0 Å². The van der Waals surface area contributed by atoms with Gasteiger partial charge in [-0.25, -0.2) is 9.78 Å². The standard InChI is InChI=1S/C14H14BrNO2S/c1-3-6-11-12(14(17)18-2)19-13(16-11)9-7-4-5-8-10(9)15/h4-5,7-8H,3,6H2,1-2H3. The molecule has 0 radical (unpaired) electrons. The second-order valence-electron chi connectivity index (χ2n) is 4.02. The van der Waals surface area contributed by atoms with Crippen molar-refractivity contribution in [1.29, 1.82) is 0 Å². The highest BCUT2D eigenvalue weighted by Crippen LogP contribution is 2.33. The van der Waals surface area contributed by atoms with Crippen molar-refractivity contribution in [3.8, 4) is 10.6 Å². The Labute approximate surface area is 124 Å². The summed E-state index contributed by atoms with van der Waals surface area (Å²) in [5.41, 5.74) is 1.82. The molecule has 0 atom stereocenters. The minimum atomic E-state index is -0.306. The molecule has 2 aromatic rings. The van der Waals surface area contributed by atoms with Crippen molar-refractivity contribution in [3.05, 3.63) is 39.3 Å². The molecule has 1 heterocycles. The lowest BCUT2D eigenvalue weighted by Crippen LogP contribution is -2.02. The van der Waals surface area contributed by atoms with E-state index in [0.29, 0.717) is 4.88 Å². The van der Waals surface area contributed by atoms with Gasteiger partial charge in [0.25, 0.3) is 0 Å². The number of carbonyl (C=O) groups is 1. The maximum atomic E-state index is 11.8. The Balaban J connectivity index is 2.48. The largest absolute Gasteiger partial charge is 0.465 e. The molecule has 19 heavy (non-hydrogen) atoms. The smallest absolute Gasteiger partial charge is 0.349 e. The summed E-state index contributed by atoms with van der Waals surface area (Å²) in [6.07, 6.45) is 1.73. The zero-order valence-electron chi connectivity index (χ0n) is 10.8. The number of hydrogen-bond donors (Lipinski definition) is 0. The molecule has 5 heteroatoms. The molecule has 100 valence electrons. The lowest BCUT2D eigenvalue weighted by Gasteiger charge is -1.98. The van der Waals surface area contributed by atoms with Crippen LogP contribution in [0.4, 0.5) is 0 Å². The van der Waals surface area contributed by atoms with Crippen LogP contribution in [0.3, 0.4) is 0 Å². The summed E-state index contributed by atoms with van der Waals surface area (Å²) in [7, 11) is 1.40. The number of halogens is 1. The average Bonchev–Trinajstić information content (AvgIpc) is 2.83. The van der Waals surface area contributed by atoms with Crippen LogP contribution >= 0.6 is 27.3 Å². The quantitative estimate of drug-likeness (QED) is 0.779. The number of thiazole rings is 1. The predicted octanol–water partition coefficient (Wildman–Crippen LogP) is 4.31. The minimum Gasteiger partial charge on any atom is -0.465 e. The van der Waals surface area contributed by atoms with Crippen molar-refractivity contribution in [1.82, 2.24) is 4.98 Å². The first-order valence-corrected chi connectivity index (χ1v) is 7.61. The summed E-state index contributed by atoms with van der Waals surface area (Å²) >= 11 is 4.89. The van der Waals surface area contributed by atoms with E-state index in [9.17, 15) is 4.79 Å². The van der Waals surface area contributed by atoms with Gasteiger partial charge in [0.05, 0.1) is 12.8 Å². The van der Waals surface area contributed by atoms with Gasteiger partial charge in [0.1, 0.15) is 9.88 Å². The van der Waals surface area contributed by atoms with Crippen LogP contribution in [-0.2, 0) is 11.2 Å². The molecule has 0 aliphatic carbocycles. The van der Waals surface area contributed by atoms with E-state index in [0.717, 1.165) is 33.6 Å². The van der Waals surface area contributed by atoms with Gasteiger partial charge in [-0.2, -0.15) is 0 Å². The number of nitrogens with zero attached hydrogens (tertiary/aromatic N) is 1. The molecule has 0 spiro atoms. The van der Waals surface area contributed by atoms with E-state index in [4.69, 9.17) is 4.74 Å². The molecule has 1 aromatic heterocycles. The fourth-order valence-corrected chi connectivity index (χ4v) is 3.43. The summed E-state index contributed by atoms with van der Waals surface area (Å²) in [5.74, 6) is -0.306. The summed E-state index contributed by atoms with van der Waals surface area (Å²) in [6, 6.07) is 7.86. The van der Waals surface area contributed by atoms with Crippen molar-refractivity contribution in [3.63, 3.8) is 0 Å². The topological polar surface area (TPSA) is 39.2 Å². The Morgan fingerprint density at radius 2 is 2.16 bits per heavy atom. The molecule has 0 bridgehead atoms. The number of carbonyl (C=O) groups excluding carboxylic acids is 1. The molecule has 0 aliphatic heterocycles. The fraction of sp³-hybridized carbons (Fsp3) is 0.286. The monoisotopic (exact) mass is 339 g/mol. The normalized spacial score (nSPS) is 10.5. The SMILES string of the molecule is CCCc1nc(-c2ccccc2Br)sc1C(=O)OC. The third kappa shape index (κ3) is 3.04. The van der Waals surface area contributed by atoms with E-state index in [1.165, 1.54) is 18.4 Å². The van der Waals surface area contributed by atoms with E-state index in [1.807, 2.05) is 24.3 Å². The number of aryl methyl sites for hydroxylation is 1. The van der Waals surface area contributed by atoms with Crippen LogP contribution in [0.2, 0.25) is 0 Å². The third-order valence-electron chi connectivity index (χ3n) is 2.66. The van der Waals surface area contributed by atoms with Gasteiger partial charge in [-0.1, -0.05) is 47.5 Å². The highest BCUT2D eigenvalue weighted by molar-refractivity contribution is 9.10. The van der Waals surface area contributed by atoms with Gasteiger partial charge in [0.15, 0.2) is 0 Å². The van der Waals surface area contributed by atoms with Gasteiger partial charge in [-0.15, -0.1) is 11.3 Å². The Morgan fingerprint density at radius 3 is 2.79 bits per heavy atom. The molecule has 0 saturated carbocycles. The molecule has 0 amide bonds. The van der Waals surface area contributed by atoms with Crippen molar-refractivity contribution in [2.45, 2.75) is 19.8 Å². The number of hydrogen-bond acceptors (Lipinski definition) is 4. The highest BCUT2D eigenvalue weighted by atomic mass is 79.9. The van der Waals surface area contributed by atoms with E-state index >= 15 is 0 Å². The number of esters is 1. The third-order valence-corrected chi connectivity index (χ3v) is 4.46. The Morgan fingerprint density at radius 1 is 1.42 bits per heavy atom. The summed E-state index contributed by atoms with van der Waals surface area (Å²) < 4.78 is 5.80. The summed E-state index contributed by atoms with van der Waals surface area (Å²) in [4.78, 5) is 17.0. The zero-order chi connectivity index (χ0) is 13.8.